The molecule has 16 heavy (non-hydrogen) atoms. The summed E-state index contributed by atoms with van der Waals surface area (Å²) in [7, 11) is -0.836. The van der Waals surface area contributed by atoms with Crippen LogP contribution >= 0.6 is 0 Å². The van der Waals surface area contributed by atoms with Crippen LogP contribution in [-0.2, 0) is 17.2 Å². The summed E-state index contributed by atoms with van der Waals surface area (Å²) in [5.74, 6) is 1.20. The molecule has 0 aliphatic heterocycles. The minimum Gasteiger partial charge on any atom is -0.323 e. The van der Waals surface area contributed by atoms with E-state index in [9.17, 15) is 4.21 Å². The van der Waals surface area contributed by atoms with E-state index < -0.39 is 10.8 Å². The van der Waals surface area contributed by atoms with Gasteiger partial charge < -0.3 is 5.73 Å². The van der Waals surface area contributed by atoms with E-state index in [1.807, 2.05) is 0 Å². The number of hydrogen-bond donors (Lipinski definition) is 1. The Hall–Kier alpha value is -0.670. The molecule has 90 valence electrons. The summed E-state index contributed by atoms with van der Waals surface area (Å²) >= 11 is 0. The van der Waals surface area contributed by atoms with E-state index in [0.717, 1.165) is 12.0 Å². The van der Waals surface area contributed by atoms with Crippen molar-refractivity contribution in [3.63, 3.8) is 0 Å². The molecule has 0 spiro atoms. The molecule has 0 bridgehead atoms. The molecule has 0 aromatic heterocycles. The maximum Gasteiger partial charge on any atom is 0.0425 e. The fourth-order valence-corrected chi connectivity index (χ4v) is 2.42. The standard InChI is InChI=1S/C13H21NOS/c1-10(2)8-11-4-6-12(7-5-11)13(14)9-16(3)15/h4-7,10,13H,8-9,14H2,1-3H3. The Balaban J connectivity index is 2.66. The Morgan fingerprint density at radius 2 is 1.81 bits per heavy atom. The zero-order valence-electron chi connectivity index (χ0n) is 10.3. The van der Waals surface area contributed by atoms with Crippen molar-refractivity contribution in [2.45, 2.75) is 26.3 Å². The van der Waals surface area contributed by atoms with Crippen LogP contribution in [0.5, 0.6) is 0 Å². The zero-order chi connectivity index (χ0) is 12.1. The summed E-state index contributed by atoms with van der Waals surface area (Å²) in [6.45, 7) is 4.42. The lowest BCUT2D eigenvalue weighted by molar-refractivity contribution is 0.647. The SMILES string of the molecule is CC(C)Cc1ccc(C(N)CS(C)=O)cc1. The molecule has 0 aliphatic carbocycles. The van der Waals surface area contributed by atoms with E-state index in [1.165, 1.54) is 5.56 Å². The molecule has 1 aromatic rings. The second-order valence-corrected chi connectivity index (χ2v) is 6.17. The van der Waals surface area contributed by atoms with E-state index in [0.29, 0.717) is 11.7 Å². The monoisotopic (exact) mass is 239 g/mol. The van der Waals surface area contributed by atoms with Crippen molar-refractivity contribution < 1.29 is 4.21 Å². The zero-order valence-corrected chi connectivity index (χ0v) is 11.1. The number of benzene rings is 1. The second-order valence-electron chi connectivity index (χ2n) is 4.69. The summed E-state index contributed by atoms with van der Waals surface area (Å²) in [5, 5.41) is 0. The van der Waals surface area contributed by atoms with Gasteiger partial charge >= 0.3 is 0 Å². The average molecular weight is 239 g/mol. The maximum atomic E-state index is 11.1. The molecule has 2 unspecified atom stereocenters. The van der Waals surface area contributed by atoms with Gasteiger partial charge in [-0.1, -0.05) is 38.1 Å². The molecule has 2 atom stereocenters. The van der Waals surface area contributed by atoms with Gasteiger partial charge in [0.25, 0.3) is 0 Å². The molecule has 1 aromatic carbocycles. The first kappa shape index (κ1) is 13.4. The van der Waals surface area contributed by atoms with Gasteiger partial charge in [0.15, 0.2) is 0 Å². The Morgan fingerprint density at radius 3 is 2.25 bits per heavy atom. The molecule has 2 N–H and O–H groups in total. The van der Waals surface area contributed by atoms with Gasteiger partial charge in [-0.05, 0) is 23.5 Å². The van der Waals surface area contributed by atoms with Crippen molar-refractivity contribution >= 4 is 10.8 Å². The first-order valence-electron chi connectivity index (χ1n) is 5.63. The van der Waals surface area contributed by atoms with Crippen LogP contribution < -0.4 is 5.73 Å². The van der Waals surface area contributed by atoms with Crippen LogP contribution in [0.15, 0.2) is 24.3 Å². The van der Waals surface area contributed by atoms with Crippen molar-refractivity contribution in [2.24, 2.45) is 11.7 Å². The third-order valence-electron chi connectivity index (χ3n) is 2.47. The molecule has 0 heterocycles. The summed E-state index contributed by atoms with van der Waals surface area (Å²) in [6.07, 6.45) is 2.78. The van der Waals surface area contributed by atoms with Crippen molar-refractivity contribution in [2.75, 3.05) is 12.0 Å². The van der Waals surface area contributed by atoms with Gasteiger partial charge in [0.05, 0.1) is 0 Å². The average Bonchev–Trinajstić information content (AvgIpc) is 2.16. The van der Waals surface area contributed by atoms with Crippen molar-refractivity contribution in [1.82, 2.24) is 0 Å². The van der Waals surface area contributed by atoms with Gasteiger partial charge in [-0.15, -0.1) is 0 Å². The number of nitrogens with two attached hydrogens (primary N) is 1. The van der Waals surface area contributed by atoms with Gasteiger partial charge in [0.1, 0.15) is 0 Å². The minimum absolute atomic E-state index is 0.112. The summed E-state index contributed by atoms with van der Waals surface area (Å²) in [6, 6.07) is 8.23. The Kier molecular flexibility index (Phi) is 5.16. The highest BCUT2D eigenvalue weighted by Crippen LogP contribution is 2.14. The van der Waals surface area contributed by atoms with Crippen LogP contribution in [0.3, 0.4) is 0 Å². The molecular weight excluding hydrogens is 218 g/mol. The van der Waals surface area contributed by atoms with Crippen LogP contribution in [0.4, 0.5) is 0 Å². The Bertz CT molecular complexity index is 345. The minimum atomic E-state index is -0.836. The summed E-state index contributed by atoms with van der Waals surface area (Å²) in [5.41, 5.74) is 8.36. The molecule has 0 radical (unpaired) electrons. The highest BCUT2D eigenvalue weighted by Gasteiger charge is 2.07. The van der Waals surface area contributed by atoms with E-state index >= 15 is 0 Å². The lowest BCUT2D eigenvalue weighted by Crippen LogP contribution is -2.17. The lowest BCUT2D eigenvalue weighted by atomic mass is 10.0. The number of hydrogen-bond acceptors (Lipinski definition) is 2. The van der Waals surface area contributed by atoms with Crippen molar-refractivity contribution in [3.8, 4) is 0 Å². The topological polar surface area (TPSA) is 43.1 Å². The predicted molar refractivity (Wildman–Crippen MR) is 70.8 cm³/mol. The van der Waals surface area contributed by atoms with Gasteiger partial charge in [-0.3, -0.25) is 4.21 Å². The van der Waals surface area contributed by atoms with E-state index in [4.69, 9.17) is 5.73 Å². The van der Waals surface area contributed by atoms with Crippen LogP contribution in [0, 0.1) is 5.92 Å². The van der Waals surface area contributed by atoms with Gasteiger partial charge in [0.2, 0.25) is 0 Å². The molecule has 0 aliphatic rings. The van der Waals surface area contributed by atoms with Gasteiger partial charge in [-0.25, -0.2) is 0 Å². The summed E-state index contributed by atoms with van der Waals surface area (Å²) in [4.78, 5) is 0. The third-order valence-corrected chi connectivity index (χ3v) is 3.29. The van der Waals surface area contributed by atoms with Crippen LogP contribution in [-0.4, -0.2) is 16.2 Å². The highest BCUT2D eigenvalue weighted by molar-refractivity contribution is 7.84. The fraction of sp³-hybridized carbons (Fsp3) is 0.538. The highest BCUT2D eigenvalue weighted by atomic mass is 32.2. The molecule has 0 saturated carbocycles. The normalized spacial score (nSPS) is 15.1. The van der Waals surface area contributed by atoms with Gasteiger partial charge in [-0.2, -0.15) is 0 Å². The molecule has 0 amide bonds. The summed E-state index contributed by atoms with van der Waals surface area (Å²) < 4.78 is 11.1. The molecule has 0 fully saturated rings. The first-order chi connectivity index (χ1) is 7.49. The first-order valence-corrected chi connectivity index (χ1v) is 7.36. The van der Waals surface area contributed by atoms with E-state index in [1.54, 1.807) is 6.26 Å². The van der Waals surface area contributed by atoms with Crippen molar-refractivity contribution in [3.05, 3.63) is 35.4 Å². The molecule has 2 nitrogen and oxygen atoms in total. The largest absolute Gasteiger partial charge is 0.323 e. The second kappa shape index (κ2) is 6.16. The fourth-order valence-electron chi connectivity index (χ4n) is 1.72. The Morgan fingerprint density at radius 1 is 1.25 bits per heavy atom. The van der Waals surface area contributed by atoms with E-state index in [2.05, 4.69) is 38.1 Å². The van der Waals surface area contributed by atoms with Crippen molar-refractivity contribution in [1.29, 1.82) is 0 Å². The van der Waals surface area contributed by atoms with Crippen LogP contribution in [0.1, 0.15) is 31.0 Å². The quantitative estimate of drug-likeness (QED) is 0.856. The van der Waals surface area contributed by atoms with E-state index in [-0.39, 0.29) is 6.04 Å². The maximum absolute atomic E-state index is 11.1. The van der Waals surface area contributed by atoms with Gasteiger partial charge in [0, 0.05) is 28.9 Å². The molecular formula is C13H21NOS. The Labute approximate surface area is 101 Å². The van der Waals surface area contributed by atoms with Crippen LogP contribution in [0.25, 0.3) is 0 Å². The van der Waals surface area contributed by atoms with Crippen LogP contribution in [0.2, 0.25) is 0 Å². The third kappa shape index (κ3) is 4.45. The predicted octanol–water partition coefficient (Wildman–Crippen LogP) is 2.26. The molecule has 1 rings (SSSR count). The molecule has 3 heteroatoms. The lowest BCUT2D eigenvalue weighted by Gasteiger charge is -2.11. The number of rotatable bonds is 5. The molecule has 0 saturated heterocycles. The smallest absolute Gasteiger partial charge is 0.0425 e.